The lowest BCUT2D eigenvalue weighted by atomic mass is 10.0. The molecule has 1 aromatic rings. The lowest BCUT2D eigenvalue weighted by Crippen LogP contribution is -2.50. The van der Waals surface area contributed by atoms with Crippen molar-refractivity contribution in [2.24, 2.45) is 5.28 Å². The number of hydrogen-bond donors (Lipinski definition) is 0. The van der Waals surface area contributed by atoms with Gasteiger partial charge in [0.15, 0.2) is 7.05 Å². The van der Waals surface area contributed by atoms with Crippen LogP contribution >= 0.6 is 0 Å². The number of nitrogens with zero attached hydrogens (tertiary/aromatic N) is 6. The van der Waals surface area contributed by atoms with E-state index < -0.39 is 4.92 Å². The second-order valence-electron chi connectivity index (χ2n) is 10.5. The largest absolute Gasteiger partial charge is 0.569 e. The van der Waals surface area contributed by atoms with E-state index in [0.717, 1.165) is 38.4 Å². The van der Waals surface area contributed by atoms with E-state index in [-0.39, 0.29) is 54.4 Å². The Morgan fingerprint density at radius 2 is 1.39 bits per heavy atom. The summed E-state index contributed by atoms with van der Waals surface area (Å²) in [6.45, 7) is 3.66. The minimum atomic E-state index is -0.641. The van der Waals surface area contributed by atoms with Gasteiger partial charge in [-0.25, -0.2) is 4.79 Å². The van der Waals surface area contributed by atoms with Gasteiger partial charge in [0, 0.05) is 28.8 Å². The molecule has 0 radical (unpaired) electrons. The standard InChI is InChI=1S/C28H47N6O7/c1-3-4-5-6-7-8-9-10-11-12-13-14-15-16-23-40-28(35)31-19-21-32(22-20-31)34(39)29-41-27-18-17-25(33(37)38)24-26(27)30(2)36/h17-18,24H,3-16,19-23H2,1-2H3/q+1/b34-29-. The first kappa shape index (κ1) is 33.7. The molecule has 0 aromatic heterocycles. The Labute approximate surface area is 242 Å². The van der Waals surface area contributed by atoms with E-state index in [1.165, 1.54) is 81.7 Å². The molecule has 1 aliphatic rings. The Hall–Kier alpha value is -3.51. The van der Waals surface area contributed by atoms with Crippen molar-refractivity contribution in [2.75, 3.05) is 39.8 Å². The first-order valence-electron chi connectivity index (χ1n) is 15.0. The third-order valence-corrected chi connectivity index (χ3v) is 7.18. The normalized spacial score (nSPS) is 13.8. The number of nitro benzene ring substituents is 1. The molecule has 0 N–H and O–H groups in total. The second kappa shape index (κ2) is 19.5. The fraction of sp³-hybridized carbons (Fsp3) is 0.750. The number of nitroso groups, excluding NO2 is 1. The molecule has 41 heavy (non-hydrogen) atoms. The van der Waals surface area contributed by atoms with Crippen LogP contribution in [0.5, 0.6) is 5.75 Å². The quantitative estimate of drug-likeness (QED) is 0.0526. The highest BCUT2D eigenvalue weighted by Gasteiger charge is 2.27. The van der Waals surface area contributed by atoms with Crippen LogP contribution in [0.1, 0.15) is 96.8 Å². The molecule has 0 spiro atoms. The first-order valence-corrected chi connectivity index (χ1v) is 15.0. The van der Waals surface area contributed by atoms with Crippen LogP contribution in [0.25, 0.3) is 0 Å². The zero-order chi connectivity index (χ0) is 29.9. The van der Waals surface area contributed by atoms with E-state index in [4.69, 9.17) is 9.57 Å². The number of carbonyl (C=O) groups is 1. The van der Waals surface area contributed by atoms with E-state index >= 15 is 0 Å². The summed E-state index contributed by atoms with van der Waals surface area (Å²) in [5.74, 6) is -0.0975. The number of amides is 1. The lowest BCUT2D eigenvalue weighted by Gasteiger charge is -2.30. The van der Waals surface area contributed by atoms with Gasteiger partial charge in [0.2, 0.25) is 11.0 Å². The van der Waals surface area contributed by atoms with Crippen LogP contribution in [-0.2, 0) is 4.74 Å². The molecule has 0 bridgehead atoms. The predicted molar refractivity (Wildman–Crippen MR) is 154 cm³/mol. The number of ether oxygens (including phenoxy) is 1. The summed E-state index contributed by atoms with van der Waals surface area (Å²) in [7, 11) is 1.15. The monoisotopic (exact) mass is 579 g/mol. The number of benzene rings is 1. The van der Waals surface area contributed by atoms with Crippen molar-refractivity contribution in [3.63, 3.8) is 0 Å². The van der Waals surface area contributed by atoms with Gasteiger partial charge in [-0.2, -0.15) is 0 Å². The Kier molecular flexibility index (Phi) is 16.1. The molecule has 1 amide bonds. The average Bonchev–Trinajstić information content (AvgIpc) is 2.97. The number of hydrazine groups is 1. The Morgan fingerprint density at radius 1 is 0.854 bits per heavy atom. The zero-order valence-electron chi connectivity index (χ0n) is 24.7. The smallest absolute Gasteiger partial charge is 0.409 e. The van der Waals surface area contributed by atoms with Crippen molar-refractivity contribution < 1.29 is 29.0 Å². The molecule has 2 rings (SSSR count). The first-order chi connectivity index (χ1) is 19.8. The Morgan fingerprint density at radius 3 is 1.90 bits per heavy atom. The van der Waals surface area contributed by atoms with Crippen molar-refractivity contribution in [1.82, 2.24) is 9.91 Å². The highest BCUT2D eigenvalue weighted by Crippen LogP contribution is 2.31. The molecule has 0 atom stereocenters. The molecule has 13 nitrogen and oxygen atoms in total. The molecule has 1 fully saturated rings. The summed E-state index contributed by atoms with van der Waals surface area (Å²) in [6.07, 6.45) is 17.4. The predicted octanol–water partition coefficient (Wildman–Crippen LogP) is 7.04. The van der Waals surface area contributed by atoms with Crippen LogP contribution < -0.4 is 4.84 Å². The van der Waals surface area contributed by atoms with E-state index in [1.54, 1.807) is 4.90 Å². The maximum absolute atomic E-state index is 12.4. The van der Waals surface area contributed by atoms with Gasteiger partial charge in [0.25, 0.3) is 5.69 Å². The summed E-state index contributed by atoms with van der Waals surface area (Å²) in [5, 5.41) is 28.1. The Bertz CT molecular complexity index is 983. The van der Waals surface area contributed by atoms with Gasteiger partial charge >= 0.3 is 11.8 Å². The maximum atomic E-state index is 12.4. The van der Waals surface area contributed by atoms with Crippen molar-refractivity contribution in [2.45, 2.75) is 96.8 Å². The van der Waals surface area contributed by atoms with Gasteiger partial charge in [0.1, 0.15) is 0 Å². The van der Waals surface area contributed by atoms with Crippen LogP contribution in [0.2, 0.25) is 0 Å². The molecular formula is C28H47N6O7+. The topological polar surface area (TPSA) is 144 Å². The fourth-order valence-electron chi connectivity index (χ4n) is 4.67. The van der Waals surface area contributed by atoms with Crippen molar-refractivity contribution in [3.8, 4) is 5.75 Å². The minimum absolute atomic E-state index is 0.0975. The number of rotatable bonds is 20. The van der Waals surface area contributed by atoms with Crippen molar-refractivity contribution >= 4 is 17.5 Å². The van der Waals surface area contributed by atoms with E-state index in [0.29, 0.717) is 11.4 Å². The average molecular weight is 580 g/mol. The lowest BCUT2D eigenvalue weighted by molar-refractivity contribution is -0.708. The van der Waals surface area contributed by atoms with Gasteiger partial charge in [0.05, 0.1) is 35.7 Å². The number of non-ortho nitro benzene ring substituents is 1. The van der Waals surface area contributed by atoms with Crippen molar-refractivity contribution in [1.29, 1.82) is 0 Å². The highest BCUT2D eigenvalue weighted by atomic mass is 16.7. The number of unbranched alkanes of at least 4 members (excludes halogenated alkanes) is 13. The van der Waals surface area contributed by atoms with Crippen LogP contribution in [0.4, 0.5) is 16.2 Å². The molecule has 1 aromatic carbocycles. The van der Waals surface area contributed by atoms with E-state index in [1.807, 2.05) is 0 Å². The molecule has 230 valence electrons. The van der Waals surface area contributed by atoms with Gasteiger partial charge in [-0.05, 0) is 12.5 Å². The molecular weight excluding hydrogens is 532 g/mol. The van der Waals surface area contributed by atoms with Crippen LogP contribution in [0.15, 0.2) is 23.5 Å². The third-order valence-electron chi connectivity index (χ3n) is 7.18. The van der Waals surface area contributed by atoms with Gasteiger partial charge in [-0.15, -0.1) is 5.01 Å². The maximum Gasteiger partial charge on any atom is 0.409 e. The summed E-state index contributed by atoms with van der Waals surface area (Å²) in [6, 6.07) is 3.39. The fourth-order valence-corrected chi connectivity index (χ4v) is 4.67. The second-order valence-corrected chi connectivity index (χ2v) is 10.5. The van der Waals surface area contributed by atoms with Crippen molar-refractivity contribution in [3.05, 3.63) is 38.4 Å². The van der Waals surface area contributed by atoms with Gasteiger partial charge < -0.3 is 14.8 Å². The molecule has 1 heterocycles. The summed E-state index contributed by atoms with van der Waals surface area (Å²) >= 11 is 0. The molecule has 0 aliphatic carbocycles. The van der Waals surface area contributed by atoms with E-state index in [9.17, 15) is 25.0 Å². The zero-order valence-corrected chi connectivity index (χ0v) is 24.7. The number of nitro groups is 1. The van der Waals surface area contributed by atoms with Crippen LogP contribution in [0, 0.1) is 20.2 Å². The number of hydrogen-bond acceptors (Lipinski definition) is 8. The molecule has 0 unspecified atom stereocenters. The molecule has 1 saturated heterocycles. The minimum Gasteiger partial charge on any atom is -0.569 e. The Balaban J connectivity index is 1.55. The summed E-state index contributed by atoms with van der Waals surface area (Å²) in [5.41, 5.74) is -0.427. The van der Waals surface area contributed by atoms with Gasteiger partial charge in [-0.1, -0.05) is 90.4 Å². The summed E-state index contributed by atoms with van der Waals surface area (Å²) in [4.78, 5) is 41.3. The summed E-state index contributed by atoms with van der Waals surface area (Å²) < 4.78 is 5.78. The molecule has 0 saturated carbocycles. The van der Waals surface area contributed by atoms with E-state index in [2.05, 4.69) is 12.2 Å². The molecule has 1 aliphatic heterocycles. The molecule has 13 heteroatoms. The highest BCUT2D eigenvalue weighted by molar-refractivity contribution is 5.67. The van der Waals surface area contributed by atoms with Crippen LogP contribution in [0.3, 0.4) is 0 Å². The SMILES string of the molecule is CCCCCCCCCCCCCCCCOC(=O)N1CCN(/[N+]([O-])=N/Oc2ccc([N+](=O)[O-])cc2[N+](C)=O)CC1. The number of piperazine rings is 1. The van der Waals surface area contributed by atoms with Crippen LogP contribution in [-0.4, -0.2) is 70.5 Å². The third kappa shape index (κ3) is 13.1. The van der Waals surface area contributed by atoms with Gasteiger partial charge in [-0.3, -0.25) is 15.0 Å². The number of carbonyl (C=O) groups excluding carboxylic acids is 1.